The van der Waals surface area contributed by atoms with Crippen LogP contribution in [0.25, 0.3) is 0 Å². The zero-order valence-corrected chi connectivity index (χ0v) is 16.5. The number of aryl methyl sites for hydroxylation is 2. The van der Waals surface area contributed by atoms with Gasteiger partial charge >= 0.3 is 0 Å². The summed E-state index contributed by atoms with van der Waals surface area (Å²) in [6.07, 6.45) is 0.414. The normalized spacial score (nSPS) is 27.8. The largest absolute Gasteiger partial charge is 0.488 e. The number of carbonyl (C=O) groups is 1. The number of carbonyl (C=O) groups excluding carboxylic acids is 1. The molecule has 29 heavy (non-hydrogen) atoms. The number of aliphatic hydroxyl groups excluding tert-OH is 1. The maximum Gasteiger partial charge on any atom is 0.276 e. The lowest BCUT2D eigenvalue weighted by atomic mass is 9.78. The van der Waals surface area contributed by atoms with Gasteiger partial charge in [0.15, 0.2) is 23.1 Å². The number of fused-ring (bicyclic) bond motifs is 2. The van der Waals surface area contributed by atoms with Crippen molar-refractivity contribution in [2.24, 2.45) is 11.8 Å². The summed E-state index contributed by atoms with van der Waals surface area (Å²) in [7, 11) is 0. The van der Waals surface area contributed by atoms with Crippen molar-refractivity contribution in [1.82, 2.24) is 9.88 Å². The molecule has 1 saturated heterocycles. The number of hydrogen-bond acceptors (Lipinski definition) is 7. The molecule has 154 valence electrons. The summed E-state index contributed by atoms with van der Waals surface area (Å²) in [5.74, 6) is 3.49. The summed E-state index contributed by atoms with van der Waals surface area (Å²) >= 11 is 0. The van der Waals surface area contributed by atoms with Gasteiger partial charge in [-0.3, -0.25) is 4.79 Å². The Morgan fingerprint density at radius 2 is 1.93 bits per heavy atom. The summed E-state index contributed by atoms with van der Waals surface area (Å²) in [6, 6.07) is 5.43. The van der Waals surface area contributed by atoms with Gasteiger partial charge in [-0.25, -0.2) is 4.98 Å². The second-order valence-corrected chi connectivity index (χ2v) is 8.08. The van der Waals surface area contributed by atoms with Crippen LogP contribution in [0.1, 0.15) is 35.0 Å². The maximum atomic E-state index is 12.9. The van der Waals surface area contributed by atoms with E-state index in [1.54, 1.807) is 19.9 Å². The van der Waals surface area contributed by atoms with Crippen LogP contribution in [0.4, 0.5) is 0 Å². The Morgan fingerprint density at radius 3 is 2.69 bits per heavy atom. The van der Waals surface area contributed by atoms with Gasteiger partial charge in [0.1, 0.15) is 17.6 Å². The third-order valence-corrected chi connectivity index (χ3v) is 6.11. The fraction of sp³-hybridized carbons (Fsp3) is 0.524. The number of rotatable bonds is 3. The first-order valence-electron chi connectivity index (χ1n) is 9.95. The smallest absolute Gasteiger partial charge is 0.276 e. The van der Waals surface area contributed by atoms with E-state index in [-0.39, 0.29) is 30.6 Å². The molecule has 1 saturated carbocycles. The lowest BCUT2D eigenvalue weighted by molar-refractivity contribution is -0.0232. The van der Waals surface area contributed by atoms with Gasteiger partial charge in [0.25, 0.3) is 5.91 Å². The number of amides is 1. The minimum atomic E-state index is -0.576. The van der Waals surface area contributed by atoms with Gasteiger partial charge in [-0.05, 0) is 43.7 Å². The third-order valence-electron chi connectivity index (χ3n) is 6.11. The molecule has 2 aromatic rings. The van der Waals surface area contributed by atoms with Crippen LogP contribution in [0.2, 0.25) is 0 Å². The number of oxazole rings is 1. The first kappa shape index (κ1) is 18.3. The lowest BCUT2D eigenvalue weighted by Crippen LogP contribution is -2.42. The molecule has 0 radical (unpaired) electrons. The van der Waals surface area contributed by atoms with Crippen molar-refractivity contribution in [2.45, 2.75) is 38.9 Å². The van der Waals surface area contributed by atoms with Gasteiger partial charge in [-0.15, -0.1) is 0 Å². The van der Waals surface area contributed by atoms with E-state index in [0.717, 1.165) is 0 Å². The zero-order valence-electron chi connectivity index (χ0n) is 16.5. The average Bonchev–Trinajstić information content (AvgIpc) is 3.39. The Balaban J connectivity index is 1.26. The molecule has 1 amide bonds. The summed E-state index contributed by atoms with van der Waals surface area (Å²) in [5, 5.41) is 10.6. The summed E-state index contributed by atoms with van der Waals surface area (Å²) in [5.41, 5.74) is 0.384. The number of aromatic nitrogens is 1. The molecule has 1 N–H and O–H groups in total. The molecule has 3 heterocycles. The van der Waals surface area contributed by atoms with Crippen molar-refractivity contribution in [2.75, 3.05) is 19.9 Å². The summed E-state index contributed by atoms with van der Waals surface area (Å²) in [4.78, 5) is 18.9. The van der Waals surface area contributed by atoms with E-state index in [0.29, 0.717) is 60.5 Å². The quantitative estimate of drug-likeness (QED) is 0.845. The standard InChI is InChI=1S/C21H24N2O6/c1-11-20(22-12(2)28-11)21(25)23-8-13-5-16(24)18(6-14(13)9-23)29-15-3-4-17-19(7-15)27-10-26-17/h3-4,7,13-14,16,18,24H,5-6,8-10H2,1-2H3/t13-,14+,16+,18+/m0/s1. The second kappa shape index (κ2) is 6.95. The minimum Gasteiger partial charge on any atom is -0.488 e. The van der Waals surface area contributed by atoms with Crippen molar-refractivity contribution in [1.29, 1.82) is 0 Å². The molecule has 1 aromatic heterocycles. The molecular weight excluding hydrogens is 376 g/mol. The highest BCUT2D eigenvalue weighted by atomic mass is 16.7. The summed E-state index contributed by atoms with van der Waals surface area (Å²) < 4.78 is 22.2. The first-order valence-corrected chi connectivity index (χ1v) is 9.95. The van der Waals surface area contributed by atoms with Crippen LogP contribution in [0.5, 0.6) is 17.2 Å². The molecule has 0 spiro atoms. The lowest BCUT2D eigenvalue weighted by Gasteiger charge is -2.35. The van der Waals surface area contributed by atoms with E-state index in [1.807, 2.05) is 17.0 Å². The van der Waals surface area contributed by atoms with Crippen molar-refractivity contribution in [3.8, 4) is 17.2 Å². The molecule has 2 aliphatic heterocycles. The van der Waals surface area contributed by atoms with Gasteiger partial charge in [0.05, 0.1) is 6.10 Å². The van der Waals surface area contributed by atoms with Gasteiger partial charge in [-0.2, -0.15) is 0 Å². The number of aliphatic hydroxyl groups is 1. The zero-order chi connectivity index (χ0) is 20.1. The highest BCUT2D eigenvalue weighted by Crippen LogP contribution is 2.40. The van der Waals surface area contributed by atoms with E-state index in [2.05, 4.69) is 4.98 Å². The predicted octanol–water partition coefficient (Wildman–Crippen LogP) is 2.31. The topological polar surface area (TPSA) is 94.3 Å². The third kappa shape index (κ3) is 3.31. The molecule has 0 bridgehead atoms. The number of benzene rings is 1. The molecule has 1 aliphatic carbocycles. The van der Waals surface area contributed by atoms with Crippen LogP contribution in [-0.4, -0.2) is 53.0 Å². The number of nitrogens with zero attached hydrogens (tertiary/aromatic N) is 2. The number of likely N-dealkylation sites (tertiary alicyclic amines) is 1. The summed E-state index contributed by atoms with van der Waals surface area (Å²) in [6.45, 7) is 4.98. The Bertz CT molecular complexity index is 941. The van der Waals surface area contributed by atoms with E-state index in [1.165, 1.54) is 0 Å². The van der Waals surface area contributed by atoms with E-state index >= 15 is 0 Å². The fourth-order valence-corrected chi connectivity index (χ4v) is 4.68. The maximum absolute atomic E-state index is 12.9. The Hall–Kier alpha value is -2.74. The van der Waals surface area contributed by atoms with Crippen LogP contribution >= 0.6 is 0 Å². The monoisotopic (exact) mass is 400 g/mol. The van der Waals surface area contributed by atoms with Gasteiger partial charge < -0.3 is 28.6 Å². The predicted molar refractivity (Wildman–Crippen MR) is 101 cm³/mol. The van der Waals surface area contributed by atoms with Crippen LogP contribution in [0, 0.1) is 25.7 Å². The molecule has 8 nitrogen and oxygen atoms in total. The highest BCUT2D eigenvalue weighted by Gasteiger charge is 2.44. The van der Waals surface area contributed by atoms with Crippen LogP contribution < -0.4 is 14.2 Å². The van der Waals surface area contributed by atoms with Crippen molar-refractivity contribution >= 4 is 5.91 Å². The highest BCUT2D eigenvalue weighted by molar-refractivity contribution is 5.93. The average molecular weight is 400 g/mol. The minimum absolute atomic E-state index is 0.100. The second-order valence-electron chi connectivity index (χ2n) is 8.08. The first-order chi connectivity index (χ1) is 14.0. The Kier molecular flexibility index (Phi) is 4.38. The molecule has 5 rings (SSSR count). The van der Waals surface area contributed by atoms with E-state index < -0.39 is 6.10 Å². The molecule has 2 fully saturated rings. The van der Waals surface area contributed by atoms with Crippen LogP contribution in [-0.2, 0) is 0 Å². The van der Waals surface area contributed by atoms with Crippen molar-refractivity contribution in [3.63, 3.8) is 0 Å². The molecule has 1 aromatic carbocycles. The Labute approximate surface area is 168 Å². The molecule has 4 atom stereocenters. The molecule has 0 unspecified atom stereocenters. The van der Waals surface area contributed by atoms with Crippen LogP contribution in [0.3, 0.4) is 0 Å². The van der Waals surface area contributed by atoms with Crippen molar-refractivity contribution in [3.05, 3.63) is 35.5 Å². The van der Waals surface area contributed by atoms with Crippen molar-refractivity contribution < 1.29 is 28.5 Å². The van der Waals surface area contributed by atoms with Gasteiger partial charge in [-0.1, -0.05) is 0 Å². The van der Waals surface area contributed by atoms with E-state index in [9.17, 15) is 9.90 Å². The van der Waals surface area contributed by atoms with E-state index in [4.69, 9.17) is 18.6 Å². The number of ether oxygens (including phenoxy) is 3. The SMILES string of the molecule is Cc1nc(C(=O)N2C[C@H]3C[C@@H](Oc4ccc5c(c4)OCO5)[C@H](O)C[C@H]3C2)c(C)o1. The molecular formula is C21H24N2O6. The molecule has 3 aliphatic rings. The Morgan fingerprint density at radius 1 is 1.17 bits per heavy atom. The van der Waals surface area contributed by atoms with Gasteiger partial charge in [0, 0.05) is 26.1 Å². The van der Waals surface area contributed by atoms with Crippen LogP contribution in [0.15, 0.2) is 22.6 Å². The molecule has 8 heteroatoms. The number of hydrogen-bond donors (Lipinski definition) is 1. The van der Waals surface area contributed by atoms with Gasteiger partial charge in [0.2, 0.25) is 6.79 Å². The fourth-order valence-electron chi connectivity index (χ4n) is 4.68.